The van der Waals surface area contributed by atoms with Gasteiger partial charge in [-0.2, -0.15) is 26.3 Å². The highest BCUT2D eigenvalue weighted by Crippen LogP contribution is 2.39. The van der Waals surface area contributed by atoms with Crippen LogP contribution in [0.3, 0.4) is 0 Å². The lowest BCUT2D eigenvalue weighted by Crippen LogP contribution is -2.18. The molecule has 0 radical (unpaired) electrons. The summed E-state index contributed by atoms with van der Waals surface area (Å²) in [6, 6.07) is 7.29. The van der Waals surface area contributed by atoms with Crippen LogP contribution < -0.4 is 0 Å². The van der Waals surface area contributed by atoms with Crippen LogP contribution in [-0.2, 0) is 12.4 Å². The zero-order chi connectivity index (χ0) is 17.7. The molecule has 126 valence electrons. The molecule has 2 aromatic heterocycles. The molecule has 0 spiro atoms. The number of fused-ring (bicyclic) bond motifs is 1. The first kappa shape index (κ1) is 16.1. The van der Waals surface area contributed by atoms with E-state index in [4.69, 9.17) is 0 Å². The molecule has 2 heterocycles. The molecule has 3 rings (SSSR count). The minimum absolute atomic E-state index is 0.145. The van der Waals surface area contributed by atoms with E-state index in [0.29, 0.717) is 0 Å². The van der Waals surface area contributed by atoms with Gasteiger partial charge in [0.25, 0.3) is 0 Å². The van der Waals surface area contributed by atoms with Crippen molar-refractivity contribution in [3.63, 3.8) is 0 Å². The molecule has 0 fully saturated rings. The number of nitrogens with zero attached hydrogens (tertiary/aromatic N) is 3. The van der Waals surface area contributed by atoms with Crippen LogP contribution in [0.2, 0.25) is 0 Å². The number of hydrogen-bond donors (Lipinski definition) is 1. The number of benzene rings is 1. The monoisotopic (exact) mass is 347 g/mol. The third-order valence-electron chi connectivity index (χ3n) is 3.21. The first-order valence-electron chi connectivity index (χ1n) is 6.41. The maximum Gasteiger partial charge on any atom is 0.433 e. The predicted octanol–water partition coefficient (Wildman–Crippen LogP) is 4.14. The fourth-order valence-corrected chi connectivity index (χ4v) is 2.22. The molecule has 1 N–H and O–H groups in total. The Labute approximate surface area is 130 Å². The molecule has 0 amide bonds. The zero-order valence-electron chi connectivity index (χ0n) is 11.5. The lowest BCUT2D eigenvalue weighted by molar-refractivity contribution is -0.148. The van der Waals surface area contributed by atoms with Gasteiger partial charge in [-0.1, -0.05) is 30.3 Å². The standard InChI is InChI=1S/C14H7F6N3O/c15-13(16,17)8-6-9(14(18,19)20)23-11(21-8)10(12(24)22-23)7-4-2-1-3-5-7/h1-6H,(H,22,24). The highest BCUT2D eigenvalue weighted by Gasteiger charge is 2.41. The Morgan fingerprint density at radius 2 is 1.54 bits per heavy atom. The van der Waals surface area contributed by atoms with Crippen LogP contribution in [-0.4, -0.2) is 19.7 Å². The van der Waals surface area contributed by atoms with Crippen molar-refractivity contribution in [2.75, 3.05) is 0 Å². The molecule has 4 nitrogen and oxygen atoms in total. The average molecular weight is 347 g/mol. The van der Waals surface area contributed by atoms with Crippen molar-refractivity contribution in [3.8, 4) is 17.0 Å². The number of rotatable bonds is 1. The van der Waals surface area contributed by atoms with Crippen molar-refractivity contribution in [2.45, 2.75) is 12.4 Å². The molecule has 0 unspecified atom stereocenters. The maximum absolute atomic E-state index is 13.1. The van der Waals surface area contributed by atoms with Gasteiger partial charge < -0.3 is 5.11 Å². The van der Waals surface area contributed by atoms with Gasteiger partial charge >= 0.3 is 12.4 Å². The Morgan fingerprint density at radius 1 is 0.917 bits per heavy atom. The highest BCUT2D eigenvalue weighted by atomic mass is 19.4. The third kappa shape index (κ3) is 2.63. The van der Waals surface area contributed by atoms with Gasteiger partial charge in [-0.25, -0.2) is 9.50 Å². The predicted molar refractivity (Wildman–Crippen MR) is 70.1 cm³/mol. The van der Waals surface area contributed by atoms with Crippen LogP contribution in [0.4, 0.5) is 26.3 Å². The third-order valence-corrected chi connectivity index (χ3v) is 3.21. The molecular weight excluding hydrogens is 340 g/mol. The summed E-state index contributed by atoms with van der Waals surface area (Å²) in [4.78, 5) is 3.23. The quantitative estimate of drug-likeness (QED) is 0.673. The number of halogens is 6. The van der Waals surface area contributed by atoms with E-state index in [1.807, 2.05) is 0 Å². The Hall–Kier alpha value is -2.78. The van der Waals surface area contributed by atoms with Gasteiger partial charge in [0.2, 0.25) is 5.88 Å². The summed E-state index contributed by atoms with van der Waals surface area (Å²) in [5.41, 5.74) is -4.27. The highest BCUT2D eigenvalue weighted by molar-refractivity contribution is 5.82. The molecule has 3 aromatic rings. The van der Waals surface area contributed by atoms with Gasteiger partial charge in [-0.05, 0) is 11.6 Å². The van der Waals surface area contributed by atoms with Crippen LogP contribution in [0, 0.1) is 0 Å². The SMILES string of the molecule is Oc1nn2c(C(F)(F)F)cc(C(F)(F)F)nc2c1-c1ccccc1. The van der Waals surface area contributed by atoms with Gasteiger partial charge in [0.1, 0.15) is 5.69 Å². The second-order valence-corrected chi connectivity index (χ2v) is 4.82. The minimum atomic E-state index is -5.12. The second kappa shape index (κ2) is 5.11. The van der Waals surface area contributed by atoms with Crippen molar-refractivity contribution in [1.29, 1.82) is 0 Å². The summed E-state index contributed by atoms with van der Waals surface area (Å²) in [6.45, 7) is 0. The van der Waals surface area contributed by atoms with Crippen molar-refractivity contribution < 1.29 is 31.4 Å². The van der Waals surface area contributed by atoms with E-state index in [0.717, 1.165) is 0 Å². The Bertz CT molecular complexity index is 899. The largest absolute Gasteiger partial charge is 0.492 e. The first-order chi connectivity index (χ1) is 11.1. The molecule has 0 saturated heterocycles. The maximum atomic E-state index is 13.1. The summed E-state index contributed by atoms with van der Waals surface area (Å²) in [5, 5.41) is 13.2. The van der Waals surface area contributed by atoms with Gasteiger partial charge in [0, 0.05) is 0 Å². The molecular formula is C14H7F6N3O. The van der Waals surface area contributed by atoms with E-state index >= 15 is 0 Å². The van der Waals surface area contributed by atoms with Crippen molar-refractivity contribution in [3.05, 3.63) is 47.8 Å². The molecule has 10 heteroatoms. The fraction of sp³-hybridized carbons (Fsp3) is 0.143. The van der Waals surface area contributed by atoms with E-state index < -0.39 is 35.3 Å². The summed E-state index contributed by atoms with van der Waals surface area (Å²) in [5.74, 6) is -0.849. The number of alkyl halides is 6. The van der Waals surface area contributed by atoms with Crippen LogP contribution in [0.1, 0.15) is 11.4 Å². The van der Waals surface area contributed by atoms with Crippen molar-refractivity contribution in [1.82, 2.24) is 14.6 Å². The van der Waals surface area contributed by atoms with Crippen LogP contribution in [0.5, 0.6) is 5.88 Å². The number of hydrogen-bond acceptors (Lipinski definition) is 3. The number of aromatic nitrogens is 3. The molecule has 0 bridgehead atoms. The molecule has 1 aromatic carbocycles. The van der Waals surface area contributed by atoms with Gasteiger partial charge in [-0.3, -0.25) is 0 Å². The Balaban J connectivity index is 2.42. The molecule has 0 aliphatic carbocycles. The Kier molecular flexibility index (Phi) is 3.43. The van der Waals surface area contributed by atoms with E-state index in [9.17, 15) is 31.4 Å². The van der Waals surface area contributed by atoms with E-state index in [1.54, 1.807) is 6.07 Å². The first-order valence-corrected chi connectivity index (χ1v) is 6.41. The van der Waals surface area contributed by atoms with Gasteiger partial charge in [0.15, 0.2) is 11.3 Å². The lowest BCUT2D eigenvalue weighted by atomic mass is 10.1. The molecule has 0 saturated carbocycles. The van der Waals surface area contributed by atoms with Crippen LogP contribution >= 0.6 is 0 Å². The van der Waals surface area contributed by atoms with Crippen molar-refractivity contribution in [2.24, 2.45) is 0 Å². The minimum Gasteiger partial charge on any atom is -0.492 e. The van der Waals surface area contributed by atoms with Crippen molar-refractivity contribution >= 4 is 5.65 Å². The summed E-state index contributed by atoms with van der Waals surface area (Å²) in [6.07, 6.45) is -10.2. The topological polar surface area (TPSA) is 50.4 Å². The summed E-state index contributed by atoms with van der Waals surface area (Å²) >= 11 is 0. The molecule has 0 aliphatic heterocycles. The van der Waals surface area contributed by atoms with Crippen LogP contribution in [0.15, 0.2) is 36.4 Å². The smallest absolute Gasteiger partial charge is 0.433 e. The Morgan fingerprint density at radius 3 is 2.08 bits per heavy atom. The van der Waals surface area contributed by atoms with Crippen LogP contribution in [0.25, 0.3) is 16.8 Å². The van der Waals surface area contributed by atoms with E-state index in [-0.39, 0.29) is 21.7 Å². The molecule has 0 atom stereocenters. The van der Waals surface area contributed by atoms with E-state index in [2.05, 4.69) is 10.1 Å². The zero-order valence-corrected chi connectivity index (χ0v) is 11.5. The second-order valence-electron chi connectivity index (χ2n) is 4.82. The van der Waals surface area contributed by atoms with Gasteiger partial charge in [-0.15, -0.1) is 5.10 Å². The average Bonchev–Trinajstić information content (AvgIpc) is 2.80. The normalized spacial score (nSPS) is 12.8. The fourth-order valence-electron chi connectivity index (χ4n) is 2.22. The lowest BCUT2D eigenvalue weighted by Gasteiger charge is -2.12. The number of aromatic hydroxyl groups is 1. The molecule has 0 aliphatic rings. The van der Waals surface area contributed by atoms with Gasteiger partial charge in [0.05, 0.1) is 5.56 Å². The van der Waals surface area contributed by atoms with E-state index in [1.165, 1.54) is 24.3 Å². The summed E-state index contributed by atoms with van der Waals surface area (Å²) < 4.78 is 78.1. The molecule has 24 heavy (non-hydrogen) atoms. The summed E-state index contributed by atoms with van der Waals surface area (Å²) in [7, 11) is 0.